The summed E-state index contributed by atoms with van der Waals surface area (Å²) >= 11 is 4.08. The predicted octanol–water partition coefficient (Wildman–Crippen LogP) is 0.982. The molecule has 0 bridgehead atoms. The molecule has 0 aliphatic rings. The average Bonchev–Trinajstić information content (AvgIpc) is 1.82. The van der Waals surface area contributed by atoms with Crippen molar-refractivity contribution in [3.63, 3.8) is 0 Å². The van der Waals surface area contributed by atoms with Gasteiger partial charge in [-0.15, -0.1) is 0 Å². The van der Waals surface area contributed by atoms with E-state index in [-0.39, 0.29) is 11.8 Å². The lowest BCUT2D eigenvalue weighted by atomic mass is 10.2. The summed E-state index contributed by atoms with van der Waals surface area (Å²) < 4.78 is 0. The third kappa shape index (κ3) is 7.18. The van der Waals surface area contributed by atoms with Gasteiger partial charge in [-0.2, -0.15) is 12.6 Å². The van der Waals surface area contributed by atoms with E-state index in [1.165, 1.54) is 0 Å². The van der Waals surface area contributed by atoms with Crippen molar-refractivity contribution >= 4 is 24.4 Å². The Morgan fingerprint density at radius 1 is 1.82 bits per heavy atom. The maximum Gasteiger partial charge on any atom is 0.404 e. The zero-order chi connectivity index (χ0) is 8.85. The summed E-state index contributed by atoms with van der Waals surface area (Å²) in [5.74, 6) is 0. The van der Waals surface area contributed by atoms with E-state index in [9.17, 15) is 4.79 Å². The van der Waals surface area contributed by atoms with Gasteiger partial charge in [0, 0.05) is 17.5 Å². The lowest BCUT2D eigenvalue weighted by Crippen LogP contribution is -2.28. The number of carbonyl (C=O) groups is 1. The molecule has 11 heavy (non-hydrogen) atoms. The molecule has 0 heterocycles. The number of hydrogen-bond acceptors (Lipinski definition) is 3. The molecule has 1 unspecified atom stereocenters. The van der Waals surface area contributed by atoms with Crippen molar-refractivity contribution in [1.82, 2.24) is 5.32 Å². The summed E-state index contributed by atoms with van der Waals surface area (Å²) in [7, 11) is 0. The molecule has 0 radical (unpaired) electrons. The minimum atomic E-state index is -1.05. The summed E-state index contributed by atoms with van der Waals surface area (Å²) in [5, 5.41) is 17.4. The van der Waals surface area contributed by atoms with E-state index >= 15 is 0 Å². The van der Waals surface area contributed by atoms with E-state index in [1.807, 2.05) is 0 Å². The molecule has 0 aliphatic carbocycles. The molecule has 4 nitrogen and oxygen atoms in total. The zero-order valence-corrected chi connectivity index (χ0v) is 7.19. The van der Waals surface area contributed by atoms with Crippen LogP contribution in [-0.4, -0.2) is 28.7 Å². The Balaban J connectivity index is 3.44. The maximum absolute atomic E-state index is 9.99. The lowest BCUT2D eigenvalue weighted by Gasteiger charge is -2.08. The first-order valence-electron chi connectivity index (χ1n) is 3.21. The second kappa shape index (κ2) is 5.01. The zero-order valence-electron chi connectivity index (χ0n) is 6.29. The van der Waals surface area contributed by atoms with Crippen molar-refractivity contribution in [2.45, 2.75) is 18.6 Å². The first-order valence-corrected chi connectivity index (χ1v) is 3.73. The Hall–Kier alpha value is -0.710. The highest BCUT2D eigenvalue weighted by Crippen LogP contribution is 1.99. The van der Waals surface area contributed by atoms with Crippen LogP contribution in [0.5, 0.6) is 0 Å². The minimum absolute atomic E-state index is 0.0939. The fourth-order valence-electron chi connectivity index (χ4n) is 0.631. The normalized spacial score (nSPS) is 12.2. The van der Waals surface area contributed by atoms with Crippen molar-refractivity contribution in [1.29, 1.82) is 5.41 Å². The van der Waals surface area contributed by atoms with Gasteiger partial charge in [-0.1, -0.05) is 0 Å². The standard InChI is InChI=1S/C6H12N2O2S/c1-4(7)2-5(11)3-8-6(9)10/h5,7-8,11H,2-3H2,1H3,(H,9,10). The molecular weight excluding hydrogens is 164 g/mol. The summed E-state index contributed by atoms with van der Waals surface area (Å²) in [6.07, 6.45) is -0.532. The molecule has 0 aliphatic heterocycles. The molecule has 0 aromatic rings. The van der Waals surface area contributed by atoms with Gasteiger partial charge < -0.3 is 15.8 Å². The molecule has 0 aromatic heterocycles. The first-order chi connectivity index (χ1) is 5.02. The average molecular weight is 176 g/mol. The van der Waals surface area contributed by atoms with Crippen LogP contribution in [0.2, 0.25) is 0 Å². The number of carboxylic acid groups (broad SMARTS) is 1. The van der Waals surface area contributed by atoms with Gasteiger partial charge in [0.05, 0.1) is 0 Å². The Morgan fingerprint density at radius 2 is 2.36 bits per heavy atom. The van der Waals surface area contributed by atoms with E-state index < -0.39 is 6.09 Å². The second-order valence-electron chi connectivity index (χ2n) is 2.32. The molecule has 1 atom stereocenters. The van der Waals surface area contributed by atoms with E-state index in [4.69, 9.17) is 10.5 Å². The molecule has 0 saturated heterocycles. The highest BCUT2D eigenvalue weighted by molar-refractivity contribution is 7.81. The Bertz CT molecular complexity index is 161. The van der Waals surface area contributed by atoms with Gasteiger partial charge in [-0.05, 0) is 13.3 Å². The van der Waals surface area contributed by atoms with Crippen molar-refractivity contribution in [2.75, 3.05) is 6.54 Å². The quantitative estimate of drug-likeness (QED) is 0.381. The number of rotatable bonds is 4. The molecule has 0 aromatic carbocycles. The summed E-state index contributed by atoms with van der Waals surface area (Å²) in [5.41, 5.74) is 0.511. The maximum atomic E-state index is 9.99. The minimum Gasteiger partial charge on any atom is -0.465 e. The Morgan fingerprint density at radius 3 is 2.73 bits per heavy atom. The summed E-state index contributed by atoms with van der Waals surface area (Å²) in [6, 6.07) is 0. The van der Waals surface area contributed by atoms with Crippen LogP contribution in [0.3, 0.4) is 0 Å². The SMILES string of the molecule is CC(=N)CC(S)CNC(=O)O. The molecule has 0 spiro atoms. The monoisotopic (exact) mass is 176 g/mol. The van der Waals surface area contributed by atoms with Crippen LogP contribution >= 0.6 is 12.6 Å². The van der Waals surface area contributed by atoms with Crippen molar-refractivity contribution in [3.05, 3.63) is 0 Å². The second-order valence-corrected chi connectivity index (χ2v) is 3.05. The number of nitrogens with one attached hydrogen (secondary N) is 2. The van der Waals surface area contributed by atoms with Gasteiger partial charge in [0.1, 0.15) is 0 Å². The van der Waals surface area contributed by atoms with Crippen LogP contribution in [0.15, 0.2) is 0 Å². The van der Waals surface area contributed by atoms with Crippen molar-refractivity contribution < 1.29 is 9.90 Å². The highest BCUT2D eigenvalue weighted by Gasteiger charge is 2.04. The molecule has 64 valence electrons. The van der Waals surface area contributed by atoms with Crippen LogP contribution in [0, 0.1) is 5.41 Å². The number of amides is 1. The van der Waals surface area contributed by atoms with Gasteiger partial charge in [-0.3, -0.25) is 0 Å². The van der Waals surface area contributed by atoms with Crippen molar-refractivity contribution in [2.24, 2.45) is 0 Å². The fraction of sp³-hybridized carbons (Fsp3) is 0.667. The van der Waals surface area contributed by atoms with E-state index in [0.717, 1.165) is 0 Å². The highest BCUT2D eigenvalue weighted by atomic mass is 32.1. The van der Waals surface area contributed by atoms with Gasteiger partial charge >= 0.3 is 6.09 Å². The van der Waals surface area contributed by atoms with Crippen LogP contribution in [0.25, 0.3) is 0 Å². The molecule has 0 fully saturated rings. The van der Waals surface area contributed by atoms with E-state index in [0.29, 0.717) is 12.1 Å². The molecule has 0 saturated carbocycles. The van der Waals surface area contributed by atoms with Crippen LogP contribution in [0.1, 0.15) is 13.3 Å². The van der Waals surface area contributed by atoms with Gasteiger partial charge in [0.2, 0.25) is 0 Å². The lowest BCUT2D eigenvalue weighted by molar-refractivity contribution is 0.194. The largest absolute Gasteiger partial charge is 0.465 e. The van der Waals surface area contributed by atoms with Crippen LogP contribution in [-0.2, 0) is 0 Å². The summed E-state index contributed by atoms with van der Waals surface area (Å²) in [4.78, 5) is 9.99. The Labute approximate surface area is 70.9 Å². The number of hydrogen-bond donors (Lipinski definition) is 4. The van der Waals surface area contributed by atoms with Crippen LogP contribution < -0.4 is 5.32 Å². The van der Waals surface area contributed by atoms with Crippen molar-refractivity contribution in [3.8, 4) is 0 Å². The topological polar surface area (TPSA) is 73.2 Å². The first kappa shape index (κ1) is 10.3. The fourth-order valence-corrected chi connectivity index (χ4v) is 0.996. The Kier molecular flexibility index (Phi) is 4.69. The molecule has 3 N–H and O–H groups in total. The molecule has 1 amide bonds. The molecular formula is C6H12N2O2S. The molecule has 5 heteroatoms. The molecule has 0 rings (SSSR count). The smallest absolute Gasteiger partial charge is 0.404 e. The third-order valence-corrected chi connectivity index (χ3v) is 1.40. The van der Waals surface area contributed by atoms with Gasteiger partial charge in [0.15, 0.2) is 0 Å². The van der Waals surface area contributed by atoms with E-state index in [2.05, 4.69) is 17.9 Å². The predicted molar refractivity (Wildman–Crippen MR) is 46.8 cm³/mol. The van der Waals surface area contributed by atoms with E-state index in [1.54, 1.807) is 6.92 Å². The van der Waals surface area contributed by atoms with Gasteiger partial charge in [0.25, 0.3) is 0 Å². The number of thiol groups is 1. The summed E-state index contributed by atoms with van der Waals surface area (Å²) in [6.45, 7) is 1.96. The third-order valence-electron chi connectivity index (χ3n) is 1.03. The van der Waals surface area contributed by atoms with Gasteiger partial charge in [-0.25, -0.2) is 4.79 Å². The van der Waals surface area contributed by atoms with Crippen LogP contribution in [0.4, 0.5) is 4.79 Å².